The number of nitrogens with zero attached hydrogens (tertiary/aromatic N) is 2. The third-order valence-electron chi connectivity index (χ3n) is 6.60. The molecule has 0 amide bonds. The highest BCUT2D eigenvalue weighted by Gasteiger charge is 2.29. The average molecular weight is 424 g/mol. The SMILES string of the molecule is CNC(NCC1CCOCC1)c1ccccc1C(NC)C(C#N)C1=CCN(C)C(C)=C1. The number of ether oxygens (including phenoxy) is 1. The van der Waals surface area contributed by atoms with Crippen molar-refractivity contribution in [2.75, 3.05) is 47.4 Å². The molecule has 0 spiro atoms. The predicted molar refractivity (Wildman–Crippen MR) is 125 cm³/mol. The Morgan fingerprint density at radius 3 is 2.48 bits per heavy atom. The minimum atomic E-state index is -0.261. The summed E-state index contributed by atoms with van der Waals surface area (Å²) >= 11 is 0. The summed E-state index contributed by atoms with van der Waals surface area (Å²) in [5, 5.41) is 20.7. The molecule has 0 radical (unpaired) electrons. The van der Waals surface area contributed by atoms with Gasteiger partial charge in [0.05, 0.1) is 24.2 Å². The van der Waals surface area contributed by atoms with Gasteiger partial charge >= 0.3 is 0 Å². The van der Waals surface area contributed by atoms with Crippen LogP contribution in [0.15, 0.2) is 47.7 Å². The highest BCUT2D eigenvalue weighted by molar-refractivity contribution is 5.40. The number of benzene rings is 1. The molecule has 31 heavy (non-hydrogen) atoms. The summed E-state index contributed by atoms with van der Waals surface area (Å²) in [5.74, 6) is 0.379. The van der Waals surface area contributed by atoms with Crippen LogP contribution in [-0.4, -0.2) is 52.3 Å². The van der Waals surface area contributed by atoms with Crippen molar-refractivity contribution >= 4 is 0 Å². The third-order valence-corrected chi connectivity index (χ3v) is 6.60. The van der Waals surface area contributed by atoms with E-state index in [0.717, 1.165) is 50.3 Å². The molecule has 0 aliphatic carbocycles. The van der Waals surface area contributed by atoms with E-state index in [-0.39, 0.29) is 18.1 Å². The molecule has 1 fully saturated rings. The first kappa shape index (κ1) is 23.5. The van der Waals surface area contributed by atoms with Crippen LogP contribution in [0.1, 0.15) is 43.1 Å². The molecule has 6 nitrogen and oxygen atoms in total. The van der Waals surface area contributed by atoms with Crippen LogP contribution in [0.25, 0.3) is 0 Å². The number of allylic oxidation sites excluding steroid dienone is 2. The van der Waals surface area contributed by atoms with E-state index in [1.807, 2.05) is 14.1 Å². The molecule has 0 saturated carbocycles. The molecule has 0 bridgehead atoms. The summed E-state index contributed by atoms with van der Waals surface area (Å²) in [6, 6.07) is 10.9. The standard InChI is InChI=1S/C25H37N5O/c1-18-15-20(9-12-30(18)4)23(16-26)24(27-2)21-7-5-6-8-22(21)25(28-3)29-17-19-10-13-31-14-11-19/h5-9,15,19,23-25,27-29H,10-14,17H2,1-4H3. The van der Waals surface area contributed by atoms with Gasteiger partial charge in [0.15, 0.2) is 0 Å². The highest BCUT2D eigenvalue weighted by Crippen LogP contribution is 2.34. The maximum absolute atomic E-state index is 10.1. The second kappa shape index (κ2) is 11.4. The first-order valence-corrected chi connectivity index (χ1v) is 11.3. The molecule has 2 aliphatic heterocycles. The molecule has 0 aromatic heterocycles. The Morgan fingerprint density at radius 2 is 1.87 bits per heavy atom. The predicted octanol–water partition coefficient (Wildman–Crippen LogP) is 3.10. The number of hydrogen-bond acceptors (Lipinski definition) is 6. The molecule has 168 valence electrons. The summed E-state index contributed by atoms with van der Waals surface area (Å²) < 4.78 is 5.50. The average Bonchev–Trinajstić information content (AvgIpc) is 2.81. The van der Waals surface area contributed by atoms with Crippen molar-refractivity contribution in [2.24, 2.45) is 11.8 Å². The molecule has 3 unspecified atom stereocenters. The van der Waals surface area contributed by atoms with Crippen LogP contribution >= 0.6 is 0 Å². The summed E-state index contributed by atoms with van der Waals surface area (Å²) in [6.07, 6.45) is 6.55. The Bertz CT molecular complexity index is 821. The van der Waals surface area contributed by atoms with Crippen LogP contribution in [0.5, 0.6) is 0 Å². The molecule has 1 aromatic rings. The molecule has 2 aliphatic rings. The van der Waals surface area contributed by atoms with Crippen molar-refractivity contribution < 1.29 is 4.74 Å². The van der Waals surface area contributed by atoms with E-state index in [2.05, 4.69) is 77.3 Å². The van der Waals surface area contributed by atoms with Gasteiger partial charge in [0.2, 0.25) is 0 Å². The van der Waals surface area contributed by atoms with Crippen LogP contribution < -0.4 is 16.0 Å². The van der Waals surface area contributed by atoms with Crippen molar-refractivity contribution in [3.8, 4) is 6.07 Å². The van der Waals surface area contributed by atoms with Gasteiger partial charge in [-0.2, -0.15) is 5.26 Å². The van der Waals surface area contributed by atoms with Gasteiger partial charge < -0.3 is 20.3 Å². The van der Waals surface area contributed by atoms with Crippen molar-refractivity contribution in [3.05, 3.63) is 58.8 Å². The Labute approximate surface area is 187 Å². The minimum absolute atomic E-state index is 0.0259. The monoisotopic (exact) mass is 423 g/mol. The lowest BCUT2D eigenvalue weighted by Crippen LogP contribution is -2.38. The zero-order valence-electron chi connectivity index (χ0n) is 19.3. The lowest BCUT2D eigenvalue weighted by molar-refractivity contribution is 0.0651. The second-order valence-electron chi connectivity index (χ2n) is 8.56. The van der Waals surface area contributed by atoms with Crippen molar-refractivity contribution in [1.82, 2.24) is 20.9 Å². The number of nitrogens with one attached hydrogen (secondary N) is 3. The fourth-order valence-electron chi connectivity index (χ4n) is 4.52. The summed E-state index contributed by atoms with van der Waals surface area (Å²) in [6.45, 7) is 5.60. The van der Waals surface area contributed by atoms with E-state index >= 15 is 0 Å². The molecular formula is C25H37N5O. The van der Waals surface area contributed by atoms with Gasteiger partial charge in [-0.15, -0.1) is 0 Å². The van der Waals surface area contributed by atoms with Gasteiger partial charge in [-0.05, 0) is 69.1 Å². The Morgan fingerprint density at radius 1 is 1.16 bits per heavy atom. The summed E-state index contributed by atoms with van der Waals surface area (Å²) in [5.41, 5.74) is 4.61. The molecule has 3 N–H and O–H groups in total. The Balaban J connectivity index is 1.84. The molecular weight excluding hydrogens is 386 g/mol. The third kappa shape index (κ3) is 5.75. The minimum Gasteiger partial charge on any atom is -0.381 e. The molecule has 1 aromatic carbocycles. The number of hydrogen-bond donors (Lipinski definition) is 3. The Hall–Kier alpha value is -2.17. The van der Waals surface area contributed by atoms with Gasteiger partial charge in [-0.3, -0.25) is 5.32 Å². The molecule has 3 rings (SSSR count). The lowest BCUT2D eigenvalue weighted by Gasteiger charge is -2.32. The largest absolute Gasteiger partial charge is 0.381 e. The summed E-state index contributed by atoms with van der Waals surface area (Å²) in [4.78, 5) is 2.19. The van der Waals surface area contributed by atoms with E-state index in [1.165, 1.54) is 11.3 Å². The maximum Gasteiger partial charge on any atom is 0.0905 e. The van der Waals surface area contributed by atoms with Gasteiger partial charge in [0.1, 0.15) is 0 Å². The normalized spacial score (nSPS) is 20.4. The van der Waals surface area contributed by atoms with Gasteiger partial charge in [-0.25, -0.2) is 0 Å². The highest BCUT2D eigenvalue weighted by atomic mass is 16.5. The van der Waals surface area contributed by atoms with Crippen LogP contribution in [0.2, 0.25) is 0 Å². The topological polar surface area (TPSA) is 72.3 Å². The fourth-order valence-corrected chi connectivity index (χ4v) is 4.52. The lowest BCUT2D eigenvalue weighted by atomic mass is 9.83. The quantitative estimate of drug-likeness (QED) is 0.530. The maximum atomic E-state index is 10.1. The number of likely N-dealkylation sites (N-methyl/N-ethyl adjacent to an activating group) is 1. The van der Waals surface area contributed by atoms with Crippen LogP contribution in [0.4, 0.5) is 0 Å². The van der Waals surface area contributed by atoms with Gasteiger partial charge in [0, 0.05) is 32.5 Å². The van der Waals surface area contributed by atoms with Crippen LogP contribution in [-0.2, 0) is 4.74 Å². The fraction of sp³-hybridized carbons (Fsp3) is 0.560. The zero-order valence-corrected chi connectivity index (χ0v) is 19.3. The van der Waals surface area contributed by atoms with Crippen LogP contribution in [0, 0.1) is 23.2 Å². The zero-order chi connectivity index (χ0) is 22.2. The smallest absolute Gasteiger partial charge is 0.0905 e. The van der Waals surface area contributed by atoms with Crippen molar-refractivity contribution in [2.45, 2.75) is 32.0 Å². The number of rotatable bonds is 9. The summed E-state index contributed by atoms with van der Waals surface area (Å²) in [7, 11) is 6.01. The molecule has 2 heterocycles. The van der Waals surface area contributed by atoms with E-state index in [1.54, 1.807) is 0 Å². The second-order valence-corrected chi connectivity index (χ2v) is 8.56. The first-order chi connectivity index (χ1) is 15.1. The Kier molecular flexibility index (Phi) is 8.68. The first-order valence-electron chi connectivity index (χ1n) is 11.3. The molecule has 6 heteroatoms. The molecule has 1 saturated heterocycles. The van der Waals surface area contributed by atoms with Gasteiger partial charge in [-0.1, -0.05) is 30.3 Å². The van der Waals surface area contributed by atoms with Crippen molar-refractivity contribution in [3.63, 3.8) is 0 Å². The van der Waals surface area contributed by atoms with Crippen LogP contribution in [0.3, 0.4) is 0 Å². The van der Waals surface area contributed by atoms with E-state index in [9.17, 15) is 5.26 Å². The molecule has 3 atom stereocenters. The van der Waals surface area contributed by atoms with E-state index in [4.69, 9.17) is 4.74 Å². The van der Waals surface area contributed by atoms with Gasteiger partial charge in [0.25, 0.3) is 0 Å². The van der Waals surface area contributed by atoms with E-state index in [0.29, 0.717) is 5.92 Å². The number of nitriles is 1. The van der Waals surface area contributed by atoms with Crippen molar-refractivity contribution in [1.29, 1.82) is 5.26 Å². The van der Waals surface area contributed by atoms with E-state index < -0.39 is 0 Å².